The molecule has 0 radical (unpaired) electrons. The molecule has 0 aromatic carbocycles. The van der Waals surface area contributed by atoms with Crippen LogP contribution in [0.5, 0.6) is 0 Å². The molecule has 4 N–H and O–H groups in total. The monoisotopic (exact) mass is 302 g/mol. The molecule has 1 aromatic rings. The Kier molecular flexibility index (Phi) is 4.55. The fourth-order valence-corrected chi connectivity index (χ4v) is 3.77. The second-order valence-corrected chi connectivity index (χ2v) is 6.37. The number of rotatable bonds is 4. The van der Waals surface area contributed by atoms with Gasteiger partial charge in [0.15, 0.2) is 5.03 Å². The van der Waals surface area contributed by atoms with Gasteiger partial charge in [-0.1, -0.05) is 0 Å². The Hall–Kier alpha value is -1.26. The number of aromatic nitrogens is 1. The average Bonchev–Trinajstić information content (AvgIpc) is 2.47. The van der Waals surface area contributed by atoms with Gasteiger partial charge in [-0.05, 0) is 19.1 Å². The zero-order valence-electron chi connectivity index (χ0n) is 11.1. The van der Waals surface area contributed by atoms with Crippen LogP contribution < -0.4 is 11.3 Å². The lowest BCUT2D eigenvalue weighted by atomic mass is 10.2. The molecule has 0 amide bonds. The molecule has 2 atom stereocenters. The molecule has 112 valence electrons. The minimum Gasteiger partial charge on any atom is -0.394 e. The number of hydrazine groups is 1. The third kappa shape index (κ3) is 2.76. The lowest BCUT2D eigenvalue weighted by Gasteiger charge is -2.36. The number of nitrogen functional groups attached to an aromatic ring is 1. The van der Waals surface area contributed by atoms with Crippen LogP contribution >= 0.6 is 0 Å². The first kappa shape index (κ1) is 15.1. The normalized spacial score (nSPS) is 24.6. The summed E-state index contributed by atoms with van der Waals surface area (Å²) in [5.41, 5.74) is 2.56. The third-order valence-electron chi connectivity index (χ3n) is 3.13. The third-order valence-corrected chi connectivity index (χ3v) is 5.07. The molecule has 1 aromatic heterocycles. The quantitative estimate of drug-likeness (QED) is 0.489. The van der Waals surface area contributed by atoms with E-state index >= 15 is 0 Å². The number of aliphatic hydroxyl groups excluding tert-OH is 1. The summed E-state index contributed by atoms with van der Waals surface area (Å²) in [6.07, 6.45) is 0.863. The molecular weight excluding hydrogens is 284 g/mol. The van der Waals surface area contributed by atoms with Gasteiger partial charge in [0.05, 0.1) is 25.0 Å². The Balaban J connectivity index is 2.38. The summed E-state index contributed by atoms with van der Waals surface area (Å²) in [6, 6.07) is 2.79. The van der Waals surface area contributed by atoms with Crippen molar-refractivity contribution >= 4 is 15.7 Å². The molecule has 2 heterocycles. The van der Waals surface area contributed by atoms with Crippen molar-refractivity contribution in [3.05, 3.63) is 18.3 Å². The van der Waals surface area contributed by atoms with Crippen LogP contribution in [0.15, 0.2) is 23.4 Å². The van der Waals surface area contributed by atoms with Crippen LogP contribution in [0, 0.1) is 0 Å². The van der Waals surface area contributed by atoms with Crippen LogP contribution in [-0.2, 0) is 14.8 Å². The number of hydrogen-bond acceptors (Lipinski definition) is 7. The van der Waals surface area contributed by atoms with Gasteiger partial charge >= 0.3 is 0 Å². The van der Waals surface area contributed by atoms with Gasteiger partial charge in [0, 0.05) is 18.8 Å². The Morgan fingerprint density at radius 1 is 1.65 bits per heavy atom. The van der Waals surface area contributed by atoms with Gasteiger partial charge in [0.1, 0.15) is 0 Å². The van der Waals surface area contributed by atoms with Gasteiger partial charge in [-0.15, -0.1) is 0 Å². The smallest absolute Gasteiger partial charge is 0.263 e. The van der Waals surface area contributed by atoms with E-state index < -0.39 is 16.1 Å². The first-order valence-corrected chi connectivity index (χ1v) is 7.60. The van der Waals surface area contributed by atoms with Crippen molar-refractivity contribution < 1.29 is 18.3 Å². The van der Waals surface area contributed by atoms with Gasteiger partial charge in [-0.3, -0.25) is 5.84 Å². The highest BCUT2D eigenvalue weighted by molar-refractivity contribution is 7.89. The molecule has 1 saturated heterocycles. The van der Waals surface area contributed by atoms with E-state index in [4.69, 9.17) is 15.7 Å². The van der Waals surface area contributed by atoms with Gasteiger partial charge in [-0.25, -0.2) is 13.4 Å². The van der Waals surface area contributed by atoms with Crippen molar-refractivity contribution in [2.24, 2.45) is 5.84 Å². The summed E-state index contributed by atoms with van der Waals surface area (Å²) >= 11 is 0. The van der Waals surface area contributed by atoms with Gasteiger partial charge in [-0.2, -0.15) is 4.31 Å². The van der Waals surface area contributed by atoms with Crippen molar-refractivity contribution in [3.8, 4) is 0 Å². The first-order valence-electron chi connectivity index (χ1n) is 6.16. The highest BCUT2D eigenvalue weighted by Gasteiger charge is 2.37. The van der Waals surface area contributed by atoms with Crippen LogP contribution in [0.4, 0.5) is 5.69 Å². The van der Waals surface area contributed by atoms with Crippen molar-refractivity contribution in [1.82, 2.24) is 9.29 Å². The summed E-state index contributed by atoms with van der Waals surface area (Å²) in [4.78, 5) is 3.91. The lowest BCUT2D eigenvalue weighted by molar-refractivity contribution is -0.0516. The van der Waals surface area contributed by atoms with E-state index in [0.717, 1.165) is 0 Å². The molecule has 1 fully saturated rings. The zero-order chi connectivity index (χ0) is 14.8. The average molecular weight is 302 g/mol. The van der Waals surface area contributed by atoms with Gasteiger partial charge in [0.2, 0.25) is 0 Å². The number of aliphatic hydroxyl groups is 1. The van der Waals surface area contributed by atoms with E-state index in [1.807, 2.05) is 0 Å². The standard InChI is InChI=1S/C11H18N4O4S/c1-8-7-19-9(6-16)5-15(8)20(17,18)11-10(14-12)3-2-4-13-11/h2-4,8-9,14,16H,5-7,12H2,1H3. The van der Waals surface area contributed by atoms with Gasteiger partial charge in [0.25, 0.3) is 10.0 Å². The fraction of sp³-hybridized carbons (Fsp3) is 0.545. The number of sulfonamides is 1. The van der Waals surface area contributed by atoms with E-state index in [0.29, 0.717) is 0 Å². The maximum absolute atomic E-state index is 12.7. The Bertz CT molecular complexity index is 565. The maximum Gasteiger partial charge on any atom is 0.263 e. The molecule has 20 heavy (non-hydrogen) atoms. The van der Waals surface area contributed by atoms with Crippen molar-refractivity contribution in [3.63, 3.8) is 0 Å². The number of ether oxygens (including phenoxy) is 1. The Morgan fingerprint density at radius 3 is 3.05 bits per heavy atom. The van der Waals surface area contributed by atoms with Gasteiger partial charge < -0.3 is 15.3 Å². The van der Waals surface area contributed by atoms with Crippen molar-refractivity contribution in [2.45, 2.75) is 24.1 Å². The minimum absolute atomic E-state index is 0.0839. The van der Waals surface area contributed by atoms with Crippen LogP contribution in [0.25, 0.3) is 0 Å². The fourth-order valence-electron chi connectivity index (χ4n) is 2.05. The summed E-state index contributed by atoms with van der Waals surface area (Å²) in [7, 11) is -3.81. The second kappa shape index (κ2) is 6.02. The largest absolute Gasteiger partial charge is 0.394 e. The molecule has 8 nitrogen and oxygen atoms in total. The molecule has 1 aliphatic heterocycles. The molecule has 2 unspecified atom stereocenters. The predicted octanol–water partition coefficient (Wildman–Crippen LogP) is -0.862. The Morgan fingerprint density at radius 2 is 2.40 bits per heavy atom. The minimum atomic E-state index is -3.81. The number of anilines is 1. The maximum atomic E-state index is 12.7. The molecule has 0 aliphatic carbocycles. The van der Waals surface area contributed by atoms with Crippen molar-refractivity contribution in [2.75, 3.05) is 25.2 Å². The molecule has 1 aliphatic rings. The van der Waals surface area contributed by atoms with E-state index in [-0.39, 0.29) is 36.5 Å². The van der Waals surface area contributed by atoms with Crippen molar-refractivity contribution in [1.29, 1.82) is 0 Å². The summed E-state index contributed by atoms with van der Waals surface area (Å²) in [5.74, 6) is 5.33. The number of pyridine rings is 1. The molecule has 0 bridgehead atoms. The number of morpholine rings is 1. The zero-order valence-corrected chi connectivity index (χ0v) is 11.9. The number of hydrogen-bond donors (Lipinski definition) is 3. The van der Waals surface area contributed by atoms with Crippen LogP contribution in [0.2, 0.25) is 0 Å². The van der Waals surface area contributed by atoms with Crippen LogP contribution in [0.3, 0.4) is 0 Å². The molecular formula is C11H18N4O4S. The number of nitrogens with zero attached hydrogens (tertiary/aromatic N) is 2. The lowest BCUT2D eigenvalue weighted by Crippen LogP contribution is -2.52. The predicted molar refractivity (Wildman–Crippen MR) is 72.2 cm³/mol. The Labute approximate surface area is 117 Å². The summed E-state index contributed by atoms with van der Waals surface area (Å²) in [6.45, 7) is 1.82. The second-order valence-electron chi connectivity index (χ2n) is 4.56. The molecule has 2 rings (SSSR count). The topological polar surface area (TPSA) is 118 Å². The molecule has 0 spiro atoms. The number of nitrogens with two attached hydrogens (primary N) is 1. The van der Waals surface area contributed by atoms with E-state index in [2.05, 4.69) is 10.4 Å². The van der Waals surface area contributed by atoms with E-state index in [1.165, 1.54) is 16.6 Å². The van der Waals surface area contributed by atoms with E-state index in [9.17, 15) is 8.42 Å². The molecule has 0 saturated carbocycles. The summed E-state index contributed by atoms with van der Waals surface area (Å²) in [5, 5.41) is 9.01. The SMILES string of the molecule is CC1COC(CO)CN1S(=O)(=O)c1ncccc1NN. The number of nitrogens with one attached hydrogen (secondary N) is 1. The van der Waals surface area contributed by atoms with Crippen LogP contribution in [-0.4, -0.2) is 54.7 Å². The van der Waals surface area contributed by atoms with E-state index in [1.54, 1.807) is 13.0 Å². The first-order chi connectivity index (χ1) is 9.50. The highest BCUT2D eigenvalue weighted by Crippen LogP contribution is 2.25. The molecule has 9 heteroatoms. The van der Waals surface area contributed by atoms with Crippen LogP contribution in [0.1, 0.15) is 6.92 Å². The highest BCUT2D eigenvalue weighted by atomic mass is 32.2. The summed E-state index contributed by atoms with van der Waals surface area (Å²) < 4.78 is 32.0.